The Morgan fingerprint density at radius 3 is 2.53 bits per heavy atom. The molecule has 1 unspecified atom stereocenters. The quantitative estimate of drug-likeness (QED) is 0.612. The van der Waals surface area contributed by atoms with Crippen molar-refractivity contribution in [3.63, 3.8) is 0 Å². The van der Waals surface area contributed by atoms with Gasteiger partial charge in [0.25, 0.3) is 0 Å². The smallest absolute Gasteiger partial charge is 0.408 e. The SMILES string of the molecule is CC(C)(C)OC(=O)NC(Cc1cccs1)C(N)=O.N#Cc1c(N2CCCC2)sc2c1CCCC2. The summed E-state index contributed by atoms with van der Waals surface area (Å²) in [6.45, 7) is 7.56. The molecule has 34 heavy (non-hydrogen) atoms. The summed E-state index contributed by atoms with van der Waals surface area (Å²) in [5.41, 5.74) is 7.04. The normalized spacial score (nSPS) is 16.0. The fourth-order valence-electron chi connectivity index (χ4n) is 4.11. The van der Waals surface area contributed by atoms with Crippen molar-refractivity contribution in [2.75, 3.05) is 18.0 Å². The lowest BCUT2D eigenvalue weighted by molar-refractivity contribution is -0.120. The predicted molar refractivity (Wildman–Crippen MR) is 137 cm³/mol. The maximum absolute atomic E-state index is 11.6. The van der Waals surface area contributed by atoms with E-state index in [1.807, 2.05) is 28.8 Å². The minimum atomic E-state index is -0.751. The number of carbonyl (C=O) groups excluding carboxylic acids is 2. The number of nitrogens with one attached hydrogen (secondary N) is 1. The number of amides is 2. The highest BCUT2D eigenvalue weighted by Crippen LogP contribution is 2.40. The number of hydrogen-bond acceptors (Lipinski definition) is 7. The molecule has 7 nitrogen and oxygen atoms in total. The van der Waals surface area contributed by atoms with E-state index in [9.17, 15) is 14.9 Å². The fraction of sp³-hybridized carbons (Fsp3) is 0.560. The second kappa shape index (κ2) is 11.7. The van der Waals surface area contributed by atoms with Gasteiger partial charge in [-0.1, -0.05) is 6.07 Å². The molecule has 2 aliphatic rings. The zero-order valence-electron chi connectivity index (χ0n) is 20.2. The Morgan fingerprint density at radius 1 is 1.24 bits per heavy atom. The molecule has 0 saturated carbocycles. The van der Waals surface area contributed by atoms with Crippen molar-refractivity contribution in [1.82, 2.24) is 5.32 Å². The molecule has 0 spiro atoms. The Kier molecular flexibility index (Phi) is 8.97. The summed E-state index contributed by atoms with van der Waals surface area (Å²) in [6, 6.07) is 5.46. The maximum atomic E-state index is 11.6. The number of fused-ring (bicyclic) bond motifs is 1. The highest BCUT2D eigenvalue weighted by Gasteiger charge is 2.25. The van der Waals surface area contributed by atoms with Crippen LogP contribution >= 0.6 is 22.7 Å². The number of thiophene rings is 2. The lowest BCUT2D eigenvalue weighted by Crippen LogP contribution is -2.47. The predicted octanol–water partition coefficient (Wildman–Crippen LogP) is 4.77. The summed E-state index contributed by atoms with van der Waals surface area (Å²) in [7, 11) is 0. The number of anilines is 1. The molecule has 3 heterocycles. The number of nitrogens with zero attached hydrogens (tertiary/aromatic N) is 2. The van der Waals surface area contributed by atoms with E-state index in [1.54, 1.807) is 20.8 Å². The molecule has 3 N–H and O–H groups in total. The second-order valence-corrected chi connectivity index (χ2v) is 11.7. The van der Waals surface area contributed by atoms with E-state index in [0.717, 1.165) is 30.0 Å². The number of alkyl carbamates (subject to hydrolysis) is 1. The van der Waals surface area contributed by atoms with Crippen LogP contribution in [0, 0.1) is 11.3 Å². The zero-order chi connectivity index (χ0) is 24.7. The van der Waals surface area contributed by atoms with Gasteiger partial charge < -0.3 is 20.7 Å². The average molecular weight is 503 g/mol. The van der Waals surface area contributed by atoms with Crippen molar-refractivity contribution >= 4 is 39.7 Å². The molecule has 0 bridgehead atoms. The van der Waals surface area contributed by atoms with E-state index < -0.39 is 23.6 Å². The van der Waals surface area contributed by atoms with Gasteiger partial charge in [0.05, 0.1) is 5.56 Å². The van der Waals surface area contributed by atoms with Crippen molar-refractivity contribution in [2.45, 2.75) is 77.4 Å². The molecule has 1 atom stereocenters. The van der Waals surface area contributed by atoms with Gasteiger partial charge in [-0.2, -0.15) is 5.26 Å². The van der Waals surface area contributed by atoms with Gasteiger partial charge in [0.1, 0.15) is 22.7 Å². The van der Waals surface area contributed by atoms with Gasteiger partial charge in [-0.05, 0) is 76.3 Å². The Morgan fingerprint density at radius 2 is 1.94 bits per heavy atom. The topological polar surface area (TPSA) is 108 Å². The van der Waals surface area contributed by atoms with Crippen molar-refractivity contribution < 1.29 is 14.3 Å². The van der Waals surface area contributed by atoms with Crippen molar-refractivity contribution in [3.8, 4) is 6.07 Å². The minimum absolute atomic E-state index is 0.381. The number of rotatable bonds is 5. The van der Waals surface area contributed by atoms with Crippen LogP contribution in [0.3, 0.4) is 0 Å². The van der Waals surface area contributed by atoms with Crippen molar-refractivity contribution in [3.05, 3.63) is 38.4 Å². The Bertz CT molecular complexity index is 1010. The largest absolute Gasteiger partial charge is 0.444 e. The summed E-state index contributed by atoms with van der Waals surface area (Å²) in [5.74, 6) is -0.575. The third-order valence-electron chi connectivity index (χ3n) is 5.68. The molecule has 0 aromatic carbocycles. The van der Waals surface area contributed by atoms with Crippen molar-refractivity contribution in [1.29, 1.82) is 5.26 Å². The van der Waals surface area contributed by atoms with Crippen LogP contribution < -0.4 is 16.0 Å². The molecule has 1 aliphatic carbocycles. The van der Waals surface area contributed by atoms with Crippen LogP contribution in [0.25, 0.3) is 0 Å². The molecule has 4 rings (SSSR count). The summed E-state index contributed by atoms with van der Waals surface area (Å²) in [6.07, 6.45) is 7.20. The number of hydrogen-bond donors (Lipinski definition) is 2. The standard InChI is InChI=1S/C13H16N2S.C12H18N2O3S/c14-9-11-10-5-1-2-6-12(10)16-13(11)15-7-3-4-8-15;1-12(2,3)17-11(16)14-9(10(13)15)7-8-5-4-6-18-8/h1-8H2;4-6,9H,7H2,1-3H3,(H2,13,15)(H,14,16). The molecule has 2 aromatic rings. The highest BCUT2D eigenvalue weighted by atomic mass is 32.1. The monoisotopic (exact) mass is 502 g/mol. The molecule has 2 aromatic heterocycles. The molecule has 1 fully saturated rings. The number of carbonyl (C=O) groups is 2. The molecule has 9 heteroatoms. The van der Waals surface area contributed by atoms with Gasteiger partial charge in [0, 0.05) is 29.3 Å². The van der Waals surface area contributed by atoms with Gasteiger partial charge in [0.15, 0.2) is 0 Å². The van der Waals surface area contributed by atoms with E-state index in [2.05, 4.69) is 16.3 Å². The van der Waals surface area contributed by atoms with Gasteiger partial charge >= 0.3 is 6.09 Å². The molecule has 0 radical (unpaired) electrons. The lowest BCUT2D eigenvalue weighted by atomic mass is 9.96. The number of ether oxygens (including phenoxy) is 1. The van der Waals surface area contributed by atoms with Crippen LogP contribution in [0.5, 0.6) is 0 Å². The van der Waals surface area contributed by atoms with Crippen LogP contribution in [-0.2, 0) is 28.8 Å². The van der Waals surface area contributed by atoms with Crippen LogP contribution in [0.15, 0.2) is 17.5 Å². The maximum Gasteiger partial charge on any atom is 0.408 e. The summed E-state index contributed by atoms with van der Waals surface area (Å²) in [4.78, 5) is 27.7. The van der Waals surface area contributed by atoms with Crippen molar-refractivity contribution in [2.24, 2.45) is 5.73 Å². The zero-order valence-corrected chi connectivity index (χ0v) is 21.8. The van der Waals surface area contributed by atoms with E-state index in [4.69, 9.17) is 10.5 Å². The molecular formula is C25H34N4O3S2. The lowest BCUT2D eigenvalue weighted by Gasteiger charge is -2.22. The summed E-state index contributed by atoms with van der Waals surface area (Å²) < 4.78 is 5.08. The highest BCUT2D eigenvalue weighted by molar-refractivity contribution is 7.16. The van der Waals surface area contributed by atoms with Crippen LogP contribution in [0.2, 0.25) is 0 Å². The second-order valence-electron chi connectivity index (χ2n) is 9.58. The summed E-state index contributed by atoms with van der Waals surface area (Å²) in [5, 5.41) is 15.0. The van der Waals surface area contributed by atoms with Gasteiger partial charge in [0.2, 0.25) is 5.91 Å². The van der Waals surface area contributed by atoms with E-state index >= 15 is 0 Å². The van der Waals surface area contributed by atoms with Gasteiger partial charge in [-0.15, -0.1) is 22.7 Å². The number of nitrogens with two attached hydrogens (primary N) is 1. The Balaban J connectivity index is 0.000000191. The molecule has 1 aliphatic heterocycles. The Hall–Kier alpha value is -2.57. The van der Waals surface area contributed by atoms with Gasteiger partial charge in [-0.3, -0.25) is 4.79 Å². The first-order chi connectivity index (χ1) is 16.2. The van der Waals surface area contributed by atoms with E-state index in [0.29, 0.717) is 6.42 Å². The number of aryl methyl sites for hydroxylation is 1. The third-order valence-corrected chi connectivity index (χ3v) is 7.93. The molecule has 184 valence electrons. The fourth-order valence-corrected chi connectivity index (χ4v) is 6.25. The third kappa shape index (κ3) is 7.21. The molecular weight excluding hydrogens is 468 g/mol. The van der Waals surface area contributed by atoms with E-state index in [-0.39, 0.29) is 0 Å². The van der Waals surface area contributed by atoms with Crippen LogP contribution in [-0.4, -0.2) is 36.7 Å². The minimum Gasteiger partial charge on any atom is -0.444 e. The average Bonchev–Trinajstić information content (AvgIpc) is 3.52. The van der Waals surface area contributed by atoms with Crippen LogP contribution in [0.1, 0.15) is 67.3 Å². The van der Waals surface area contributed by atoms with Gasteiger partial charge in [-0.25, -0.2) is 4.79 Å². The van der Waals surface area contributed by atoms with Crippen LogP contribution in [0.4, 0.5) is 9.80 Å². The summed E-state index contributed by atoms with van der Waals surface area (Å²) >= 11 is 3.40. The molecule has 1 saturated heterocycles. The number of primary amides is 1. The molecule has 2 amide bonds. The Labute approximate surface area is 209 Å². The number of nitriles is 1. The van der Waals surface area contributed by atoms with E-state index in [1.165, 1.54) is 58.9 Å². The first kappa shape index (κ1) is 26.0. The first-order valence-electron chi connectivity index (χ1n) is 11.8. The first-order valence-corrected chi connectivity index (χ1v) is 13.5.